The van der Waals surface area contributed by atoms with Crippen molar-refractivity contribution in [1.29, 1.82) is 0 Å². The Morgan fingerprint density at radius 2 is 1.86 bits per heavy atom. The molecule has 0 aliphatic carbocycles. The number of carbonyl (C=O) groups excluding carboxylic acids is 2. The number of phenolic OH excluding ortho intramolecular Hbond substituents is 1. The van der Waals surface area contributed by atoms with Crippen LogP contribution in [0.5, 0.6) is 17.2 Å². The Bertz CT molecular complexity index is 961. The average molecular weight is 448 g/mol. The molecule has 0 bridgehead atoms. The van der Waals surface area contributed by atoms with Crippen molar-refractivity contribution in [3.8, 4) is 17.2 Å². The maximum atomic E-state index is 12.9. The van der Waals surface area contributed by atoms with Crippen LogP contribution in [0, 0.1) is 0 Å². The molecule has 9 heteroatoms. The molecule has 0 unspecified atom stereocenters. The Morgan fingerprint density at radius 1 is 1.18 bits per heavy atom. The summed E-state index contributed by atoms with van der Waals surface area (Å²) in [6.07, 6.45) is 1.34. The highest BCUT2D eigenvalue weighted by Gasteiger charge is 2.49. The number of hydrogen-bond acceptors (Lipinski definition) is 6. The number of aromatic hydroxyl groups is 1. The van der Waals surface area contributed by atoms with Gasteiger partial charge in [0.25, 0.3) is 5.91 Å². The van der Waals surface area contributed by atoms with Gasteiger partial charge in [-0.15, -0.1) is 5.01 Å². The van der Waals surface area contributed by atoms with Crippen LogP contribution in [-0.2, 0) is 10.3 Å². The van der Waals surface area contributed by atoms with Crippen LogP contribution in [-0.4, -0.2) is 42.5 Å². The number of hydrazone groups is 1. The molecule has 0 saturated carbocycles. The Hall–Kier alpha value is -3.07. The highest BCUT2D eigenvalue weighted by atomic mass is 79.9. The Morgan fingerprint density at radius 3 is 2.46 bits per heavy atom. The number of imide groups is 1. The number of urea groups is 1. The van der Waals surface area contributed by atoms with Crippen LogP contribution < -0.4 is 14.8 Å². The van der Waals surface area contributed by atoms with E-state index in [0.717, 1.165) is 5.01 Å². The summed E-state index contributed by atoms with van der Waals surface area (Å²) in [6, 6.07) is 9.34. The lowest BCUT2D eigenvalue weighted by Gasteiger charge is -2.21. The number of phenols is 1. The minimum atomic E-state index is -1.24. The van der Waals surface area contributed by atoms with Gasteiger partial charge in [0.15, 0.2) is 11.5 Å². The smallest absolute Gasteiger partial charge is 0.346 e. The van der Waals surface area contributed by atoms with E-state index in [1.807, 2.05) is 0 Å². The van der Waals surface area contributed by atoms with Crippen LogP contribution >= 0.6 is 15.9 Å². The van der Waals surface area contributed by atoms with Gasteiger partial charge in [-0.05, 0) is 58.2 Å². The van der Waals surface area contributed by atoms with Crippen molar-refractivity contribution in [1.82, 2.24) is 10.3 Å². The fraction of sp³-hybridized carbons (Fsp3) is 0.211. The summed E-state index contributed by atoms with van der Waals surface area (Å²) in [5, 5.41) is 17.3. The number of amides is 3. The van der Waals surface area contributed by atoms with E-state index < -0.39 is 17.5 Å². The summed E-state index contributed by atoms with van der Waals surface area (Å²) in [4.78, 5) is 25.2. The van der Waals surface area contributed by atoms with E-state index >= 15 is 0 Å². The lowest BCUT2D eigenvalue weighted by atomic mass is 9.92. The van der Waals surface area contributed by atoms with Gasteiger partial charge in [0.1, 0.15) is 11.3 Å². The zero-order valence-electron chi connectivity index (χ0n) is 15.4. The minimum absolute atomic E-state index is 0.0540. The van der Waals surface area contributed by atoms with Crippen molar-refractivity contribution in [2.75, 3.05) is 14.2 Å². The lowest BCUT2D eigenvalue weighted by Crippen LogP contribution is -2.40. The van der Waals surface area contributed by atoms with Gasteiger partial charge in [0.05, 0.1) is 24.9 Å². The van der Waals surface area contributed by atoms with E-state index in [9.17, 15) is 14.7 Å². The quantitative estimate of drug-likeness (QED) is 0.541. The number of rotatable bonds is 5. The van der Waals surface area contributed by atoms with Crippen molar-refractivity contribution in [2.45, 2.75) is 12.5 Å². The van der Waals surface area contributed by atoms with E-state index in [1.165, 1.54) is 19.4 Å². The molecule has 1 aliphatic heterocycles. The molecule has 1 fully saturated rings. The zero-order chi connectivity index (χ0) is 20.5. The van der Waals surface area contributed by atoms with Gasteiger partial charge in [-0.2, -0.15) is 5.10 Å². The Labute approximate surface area is 169 Å². The molecular weight excluding hydrogens is 430 g/mol. The normalized spacial score (nSPS) is 19.2. The van der Waals surface area contributed by atoms with Crippen molar-refractivity contribution in [3.05, 3.63) is 52.0 Å². The standard InChI is InChI=1S/C19H18BrN3O5/c1-19(12-4-6-13(27-2)7-5-12)17(25)23(18(26)22-19)21-10-11-8-14(20)16(24)15(9-11)28-3/h4-10,24H,1-3H3,(H,22,26)/b21-10+/t19-/m0/s1. The first kappa shape index (κ1) is 19.7. The van der Waals surface area contributed by atoms with E-state index in [1.54, 1.807) is 44.4 Å². The number of hydrogen-bond donors (Lipinski definition) is 2. The second kappa shape index (κ2) is 7.51. The third-order valence-corrected chi connectivity index (χ3v) is 5.03. The highest BCUT2D eigenvalue weighted by Crippen LogP contribution is 2.35. The summed E-state index contributed by atoms with van der Waals surface area (Å²) in [7, 11) is 2.96. The maximum Gasteiger partial charge on any atom is 0.346 e. The molecule has 3 amide bonds. The second-order valence-corrected chi connectivity index (χ2v) is 7.05. The SMILES string of the molecule is COc1ccc([C@]2(C)NC(=O)N(/N=C/c3cc(Br)c(O)c(OC)c3)C2=O)cc1. The molecule has 3 rings (SSSR count). The molecule has 8 nitrogen and oxygen atoms in total. The van der Waals surface area contributed by atoms with Gasteiger partial charge in [-0.25, -0.2) is 4.79 Å². The Balaban J connectivity index is 1.87. The van der Waals surface area contributed by atoms with Gasteiger partial charge in [0, 0.05) is 0 Å². The number of methoxy groups -OCH3 is 2. The molecule has 0 spiro atoms. The van der Waals surface area contributed by atoms with E-state index in [-0.39, 0.29) is 11.5 Å². The van der Waals surface area contributed by atoms with Crippen LogP contribution in [0.25, 0.3) is 0 Å². The fourth-order valence-corrected chi connectivity index (χ4v) is 3.26. The molecular formula is C19H18BrN3O5. The summed E-state index contributed by atoms with van der Waals surface area (Å²) in [6.45, 7) is 1.62. The van der Waals surface area contributed by atoms with E-state index in [0.29, 0.717) is 21.3 Å². The van der Waals surface area contributed by atoms with Gasteiger partial charge >= 0.3 is 6.03 Å². The first-order valence-corrected chi connectivity index (χ1v) is 9.01. The molecule has 2 aromatic rings. The number of halogens is 1. The van der Waals surface area contributed by atoms with Crippen LogP contribution in [0.15, 0.2) is 46.0 Å². The molecule has 2 N–H and O–H groups in total. The van der Waals surface area contributed by atoms with Crippen molar-refractivity contribution >= 4 is 34.1 Å². The molecule has 28 heavy (non-hydrogen) atoms. The van der Waals surface area contributed by atoms with Gasteiger partial charge in [-0.3, -0.25) is 4.79 Å². The predicted octanol–water partition coefficient (Wildman–Crippen LogP) is 2.97. The molecule has 0 radical (unpaired) electrons. The van der Waals surface area contributed by atoms with Crippen LogP contribution in [0.4, 0.5) is 4.79 Å². The van der Waals surface area contributed by atoms with Crippen molar-refractivity contribution in [2.24, 2.45) is 5.10 Å². The third kappa shape index (κ3) is 3.40. The Kier molecular flexibility index (Phi) is 5.28. The van der Waals surface area contributed by atoms with Crippen molar-refractivity contribution in [3.63, 3.8) is 0 Å². The van der Waals surface area contributed by atoms with Gasteiger partial charge in [-0.1, -0.05) is 12.1 Å². The van der Waals surface area contributed by atoms with Crippen LogP contribution in [0.2, 0.25) is 0 Å². The first-order valence-electron chi connectivity index (χ1n) is 8.22. The number of nitrogens with zero attached hydrogens (tertiary/aromatic N) is 2. The maximum absolute atomic E-state index is 12.9. The summed E-state index contributed by atoms with van der Waals surface area (Å²) in [5.41, 5.74) is -0.105. The summed E-state index contributed by atoms with van der Waals surface area (Å²) >= 11 is 3.21. The monoisotopic (exact) mass is 447 g/mol. The number of nitrogens with one attached hydrogen (secondary N) is 1. The third-order valence-electron chi connectivity index (χ3n) is 4.43. The first-order chi connectivity index (χ1) is 13.3. The van der Waals surface area contributed by atoms with Gasteiger partial charge < -0.3 is 19.9 Å². The van der Waals surface area contributed by atoms with Crippen LogP contribution in [0.1, 0.15) is 18.1 Å². The molecule has 1 saturated heterocycles. The molecule has 2 aromatic carbocycles. The zero-order valence-corrected chi connectivity index (χ0v) is 17.0. The minimum Gasteiger partial charge on any atom is -0.503 e. The molecule has 146 valence electrons. The van der Waals surface area contributed by atoms with Gasteiger partial charge in [0.2, 0.25) is 0 Å². The molecule has 1 atom stereocenters. The number of carbonyl (C=O) groups is 2. The molecule has 0 aromatic heterocycles. The predicted molar refractivity (Wildman–Crippen MR) is 106 cm³/mol. The average Bonchev–Trinajstić information content (AvgIpc) is 2.92. The van der Waals surface area contributed by atoms with E-state index in [4.69, 9.17) is 9.47 Å². The van der Waals surface area contributed by atoms with Crippen LogP contribution in [0.3, 0.4) is 0 Å². The number of ether oxygens (including phenoxy) is 2. The fourth-order valence-electron chi connectivity index (χ4n) is 2.80. The summed E-state index contributed by atoms with van der Waals surface area (Å²) in [5.74, 6) is 0.312. The van der Waals surface area contributed by atoms with Crippen molar-refractivity contribution < 1.29 is 24.2 Å². The topological polar surface area (TPSA) is 100 Å². The molecule has 1 heterocycles. The summed E-state index contributed by atoms with van der Waals surface area (Å²) < 4.78 is 10.6. The largest absolute Gasteiger partial charge is 0.503 e. The second-order valence-electron chi connectivity index (χ2n) is 6.20. The van der Waals surface area contributed by atoms with E-state index in [2.05, 4.69) is 26.3 Å². The highest BCUT2D eigenvalue weighted by molar-refractivity contribution is 9.10. The number of benzene rings is 2. The molecule has 1 aliphatic rings. The lowest BCUT2D eigenvalue weighted by molar-refractivity contribution is -0.131.